The summed E-state index contributed by atoms with van der Waals surface area (Å²) in [5.74, 6) is 0.273. The lowest BCUT2D eigenvalue weighted by molar-refractivity contribution is 0.158. The average molecular weight is 280 g/mol. The van der Waals surface area contributed by atoms with Gasteiger partial charge in [-0.25, -0.2) is 4.79 Å². The van der Waals surface area contributed by atoms with Crippen molar-refractivity contribution >= 4 is 6.03 Å². The van der Waals surface area contributed by atoms with Crippen LogP contribution < -0.4 is 5.32 Å². The second-order valence-corrected chi connectivity index (χ2v) is 4.97. The van der Waals surface area contributed by atoms with Crippen LogP contribution in [0.15, 0.2) is 24.3 Å². The Morgan fingerprint density at radius 1 is 1.40 bits per heavy atom. The van der Waals surface area contributed by atoms with Gasteiger partial charge in [-0.2, -0.15) is 0 Å². The molecule has 1 aromatic rings. The summed E-state index contributed by atoms with van der Waals surface area (Å²) in [5, 5.41) is 12.2. The predicted octanol–water partition coefficient (Wildman–Crippen LogP) is 2.00. The van der Waals surface area contributed by atoms with Crippen molar-refractivity contribution in [2.24, 2.45) is 0 Å². The number of carbonyl (C=O) groups is 1. The van der Waals surface area contributed by atoms with Crippen LogP contribution in [0, 0.1) is 0 Å². The van der Waals surface area contributed by atoms with Gasteiger partial charge in [0.2, 0.25) is 0 Å². The van der Waals surface area contributed by atoms with Crippen molar-refractivity contribution in [1.82, 2.24) is 10.2 Å². The summed E-state index contributed by atoms with van der Waals surface area (Å²) in [5.41, 5.74) is 1.15. The number of nitrogens with one attached hydrogen (secondary N) is 1. The summed E-state index contributed by atoms with van der Waals surface area (Å²) < 4.78 is 4.94. The van der Waals surface area contributed by atoms with Crippen LogP contribution in [0.1, 0.15) is 18.9 Å². The van der Waals surface area contributed by atoms with Gasteiger partial charge in [0.15, 0.2) is 0 Å². The van der Waals surface area contributed by atoms with E-state index >= 15 is 0 Å². The van der Waals surface area contributed by atoms with Crippen molar-refractivity contribution in [3.63, 3.8) is 0 Å². The van der Waals surface area contributed by atoms with Crippen LogP contribution in [0.2, 0.25) is 0 Å². The van der Waals surface area contributed by atoms with Crippen LogP contribution >= 0.6 is 0 Å². The number of amides is 2. The number of carbonyl (C=O) groups excluding carboxylic acids is 1. The maximum Gasteiger partial charge on any atom is 0.317 e. The molecule has 0 aliphatic rings. The molecule has 0 fully saturated rings. The highest BCUT2D eigenvalue weighted by molar-refractivity contribution is 5.74. The molecule has 0 saturated heterocycles. The summed E-state index contributed by atoms with van der Waals surface area (Å²) in [6.45, 7) is 3.10. The molecule has 0 saturated carbocycles. The first-order chi connectivity index (χ1) is 9.52. The fourth-order valence-corrected chi connectivity index (χ4v) is 1.77. The molecule has 2 N–H and O–H groups in total. The number of methoxy groups -OCH3 is 1. The standard InChI is InChI=1S/C15H24N2O3/c1-12(16-15(19)17(2)10-11-20-3)4-5-13-6-8-14(18)9-7-13/h6-9,12,18H,4-5,10-11H2,1-3H3,(H,16,19). The zero-order valence-electron chi connectivity index (χ0n) is 12.4. The summed E-state index contributed by atoms with van der Waals surface area (Å²) in [6, 6.07) is 7.17. The molecular weight excluding hydrogens is 256 g/mol. The first kappa shape index (κ1) is 16.3. The molecule has 0 bridgehead atoms. The Kier molecular flexibility index (Phi) is 6.87. The van der Waals surface area contributed by atoms with E-state index in [1.807, 2.05) is 19.1 Å². The molecule has 5 nitrogen and oxygen atoms in total. The molecule has 0 aliphatic carbocycles. The normalized spacial score (nSPS) is 11.9. The van der Waals surface area contributed by atoms with Crippen molar-refractivity contribution in [3.05, 3.63) is 29.8 Å². The molecule has 0 aromatic heterocycles. The van der Waals surface area contributed by atoms with Crippen LogP contribution in [-0.4, -0.2) is 49.4 Å². The second-order valence-electron chi connectivity index (χ2n) is 4.97. The van der Waals surface area contributed by atoms with E-state index in [-0.39, 0.29) is 17.8 Å². The minimum atomic E-state index is -0.0831. The van der Waals surface area contributed by atoms with E-state index in [9.17, 15) is 9.90 Å². The highest BCUT2D eigenvalue weighted by atomic mass is 16.5. The summed E-state index contributed by atoms with van der Waals surface area (Å²) in [4.78, 5) is 13.5. The van der Waals surface area contributed by atoms with Gasteiger partial charge in [0, 0.05) is 26.7 Å². The van der Waals surface area contributed by atoms with Crippen LogP contribution in [0.5, 0.6) is 5.75 Å². The Labute approximate surface area is 120 Å². The van der Waals surface area contributed by atoms with Gasteiger partial charge in [0.1, 0.15) is 5.75 Å². The molecule has 0 spiro atoms. The lowest BCUT2D eigenvalue weighted by atomic mass is 10.1. The van der Waals surface area contributed by atoms with Crippen molar-refractivity contribution in [2.75, 3.05) is 27.3 Å². The molecule has 0 aliphatic heterocycles. The monoisotopic (exact) mass is 280 g/mol. The Balaban J connectivity index is 2.30. The largest absolute Gasteiger partial charge is 0.508 e. The Hall–Kier alpha value is -1.75. The molecule has 1 aromatic carbocycles. The number of phenolic OH excluding ortho intramolecular Hbond substituents is 1. The summed E-state index contributed by atoms with van der Waals surface area (Å²) in [7, 11) is 3.37. The summed E-state index contributed by atoms with van der Waals surface area (Å²) >= 11 is 0. The minimum absolute atomic E-state index is 0.0831. The molecule has 1 unspecified atom stereocenters. The lowest BCUT2D eigenvalue weighted by Gasteiger charge is -2.21. The molecule has 1 atom stereocenters. The van der Waals surface area contributed by atoms with Crippen LogP contribution in [0.3, 0.4) is 0 Å². The van der Waals surface area contributed by atoms with Gasteiger partial charge < -0.3 is 20.1 Å². The number of phenols is 1. The molecular formula is C15H24N2O3. The fourth-order valence-electron chi connectivity index (χ4n) is 1.77. The first-order valence-corrected chi connectivity index (χ1v) is 6.81. The lowest BCUT2D eigenvalue weighted by Crippen LogP contribution is -2.43. The maximum atomic E-state index is 11.8. The highest BCUT2D eigenvalue weighted by Gasteiger charge is 2.11. The van der Waals surface area contributed by atoms with Gasteiger partial charge in [-0.1, -0.05) is 12.1 Å². The van der Waals surface area contributed by atoms with Crippen LogP contribution in [0.25, 0.3) is 0 Å². The molecule has 2 amide bonds. The van der Waals surface area contributed by atoms with Crippen molar-refractivity contribution in [1.29, 1.82) is 0 Å². The van der Waals surface area contributed by atoms with Gasteiger partial charge in [-0.05, 0) is 37.5 Å². The number of aromatic hydroxyl groups is 1. The van der Waals surface area contributed by atoms with E-state index in [0.717, 1.165) is 18.4 Å². The van der Waals surface area contributed by atoms with Crippen LogP contribution in [-0.2, 0) is 11.2 Å². The fraction of sp³-hybridized carbons (Fsp3) is 0.533. The van der Waals surface area contributed by atoms with E-state index in [1.54, 1.807) is 31.2 Å². The SMILES string of the molecule is COCCN(C)C(=O)NC(C)CCc1ccc(O)cc1. The Morgan fingerprint density at radius 2 is 2.05 bits per heavy atom. The molecule has 0 heterocycles. The third-order valence-electron chi connectivity index (χ3n) is 3.15. The summed E-state index contributed by atoms with van der Waals surface area (Å²) in [6.07, 6.45) is 1.72. The number of hydrogen-bond donors (Lipinski definition) is 2. The number of benzene rings is 1. The zero-order valence-corrected chi connectivity index (χ0v) is 12.4. The Bertz CT molecular complexity index is 406. The maximum absolute atomic E-state index is 11.8. The van der Waals surface area contributed by atoms with Crippen molar-refractivity contribution in [3.8, 4) is 5.75 Å². The molecule has 112 valence electrons. The topological polar surface area (TPSA) is 61.8 Å². The highest BCUT2D eigenvalue weighted by Crippen LogP contribution is 2.11. The van der Waals surface area contributed by atoms with Crippen molar-refractivity contribution < 1.29 is 14.6 Å². The molecule has 5 heteroatoms. The number of rotatable bonds is 7. The molecule has 1 rings (SSSR count). The minimum Gasteiger partial charge on any atom is -0.508 e. The van der Waals surface area contributed by atoms with Gasteiger partial charge in [-0.15, -0.1) is 0 Å². The predicted molar refractivity (Wildman–Crippen MR) is 78.9 cm³/mol. The van der Waals surface area contributed by atoms with E-state index in [2.05, 4.69) is 5.32 Å². The number of ether oxygens (including phenoxy) is 1. The van der Waals surface area contributed by atoms with Gasteiger partial charge >= 0.3 is 6.03 Å². The van der Waals surface area contributed by atoms with Crippen molar-refractivity contribution in [2.45, 2.75) is 25.8 Å². The number of urea groups is 1. The number of hydrogen-bond acceptors (Lipinski definition) is 3. The smallest absolute Gasteiger partial charge is 0.317 e. The van der Waals surface area contributed by atoms with Gasteiger partial charge in [-0.3, -0.25) is 0 Å². The van der Waals surface area contributed by atoms with E-state index < -0.39 is 0 Å². The third-order valence-corrected chi connectivity index (χ3v) is 3.15. The average Bonchev–Trinajstić information content (AvgIpc) is 2.44. The number of likely N-dealkylation sites (N-methyl/N-ethyl adjacent to an activating group) is 1. The van der Waals surface area contributed by atoms with Gasteiger partial charge in [0.25, 0.3) is 0 Å². The van der Waals surface area contributed by atoms with Crippen LogP contribution in [0.4, 0.5) is 4.79 Å². The van der Waals surface area contributed by atoms with E-state index in [1.165, 1.54) is 0 Å². The second kappa shape index (κ2) is 8.43. The quantitative estimate of drug-likeness (QED) is 0.803. The number of aryl methyl sites for hydroxylation is 1. The zero-order chi connectivity index (χ0) is 15.0. The Morgan fingerprint density at radius 3 is 2.65 bits per heavy atom. The van der Waals surface area contributed by atoms with E-state index in [0.29, 0.717) is 13.2 Å². The molecule has 0 radical (unpaired) electrons. The van der Waals surface area contributed by atoms with E-state index in [4.69, 9.17) is 4.74 Å². The third kappa shape index (κ3) is 5.93. The first-order valence-electron chi connectivity index (χ1n) is 6.81. The molecule has 20 heavy (non-hydrogen) atoms. The van der Waals surface area contributed by atoms with Gasteiger partial charge in [0.05, 0.1) is 6.61 Å². The number of nitrogens with zero attached hydrogens (tertiary/aromatic N) is 1.